The molecule has 1 aliphatic heterocycles. The SMILES string of the molecule is CCOc1cccc(NC(=O)N2CCN(C(=O)c3ccco3)CC2)c1. The summed E-state index contributed by atoms with van der Waals surface area (Å²) in [4.78, 5) is 28.0. The molecular formula is C18H21N3O4. The Labute approximate surface area is 146 Å². The minimum absolute atomic E-state index is 0.144. The van der Waals surface area contributed by atoms with Gasteiger partial charge in [-0.2, -0.15) is 0 Å². The number of carbonyl (C=O) groups is 2. The van der Waals surface area contributed by atoms with Crippen LogP contribution in [-0.4, -0.2) is 54.5 Å². The number of hydrogen-bond acceptors (Lipinski definition) is 4. The molecule has 1 saturated heterocycles. The van der Waals surface area contributed by atoms with Crippen molar-refractivity contribution in [1.29, 1.82) is 0 Å². The highest BCUT2D eigenvalue weighted by atomic mass is 16.5. The summed E-state index contributed by atoms with van der Waals surface area (Å²) in [6.07, 6.45) is 1.48. The van der Waals surface area contributed by atoms with Gasteiger partial charge in [0.15, 0.2) is 5.76 Å². The molecule has 0 aliphatic carbocycles. The zero-order valence-electron chi connectivity index (χ0n) is 14.1. The second kappa shape index (κ2) is 7.74. The molecule has 2 aromatic rings. The molecule has 25 heavy (non-hydrogen) atoms. The van der Waals surface area contributed by atoms with Gasteiger partial charge < -0.3 is 24.3 Å². The highest BCUT2D eigenvalue weighted by Crippen LogP contribution is 2.18. The van der Waals surface area contributed by atoms with Crippen molar-refractivity contribution in [3.05, 3.63) is 48.4 Å². The number of benzene rings is 1. The molecule has 0 saturated carbocycles. The first-order chi connectivity index (χ1) is 12.2. The van der Waals surface area contributed by atoms with E-state index in [1.54, 1.807) is 28.0 Å². The summed E-state index contributed by atoms with van der Waals surface area (Å²) < 4.78 is 10.6. The average Bonchev–Trinajstić information content (AvgIpc) is 3.16. The predicted molar refractivity (Wildman–Crippen MR) is 92.8 cm³/mol. The summed E-state index contributed by atoms with van der Waals surface area (Å²) >= 11 is 0. The largest absolute Gasteiger partial charge is 0.494 e. The molecule has 0 unspecified atom stereocenters. The van der Waals surface area contributed by atoms with Crippen molar-refractivity contribution in [2.75, 3.05) is 38.1 Å². The third-order valence-electron chi connectivity index (χ3n) is 3.98. The van der Waals surface area contributed by atoms with Gasteiger partial charge in [0, 0.05) is 37.9 Å². The van der Waals surface area contributed by atoms with Crippen LogP contribution < -0.4 is 10.1 Å². The minimum Gasteiger partial charge on any atom is -0.494 e. The van der Waals surface area contributed by atoms with Gasteiger partial charge in [0.05, 0.1) is 12.9 Å². The maximum atomic E-state index is 12.4. The first kappa shape index (κ1) is 16.9. The lowest BCUT2D eigenvalue weighted by Gasteiger charge is -2.34. The highest BCUT2D eigenvalue weighted by Gasteiger charge is 2.26. The number of anilines is 1. The number of piperazine rings is 1. The molecule has 3 amide bonds. The van der Waals surface area contributed by atoms with Crippen molar-refractivity contribution in [3.8, 4) is 5.75 Å². The first-order valence-corrected chi connectivity index (χ1v) is 8.29. The number of ether oxygens (including phenoxy) is 1. The summed E-state index contributed by atoms with van der Waals surface area (Å²) in [7, 11) is 0. The number of carbonyl (C=O) groups excluding carboxylic acids is 2. The van der Waals surface area contributed by atoms with Crippen molar-refractivity contribution in [2.24, 2.45) is 0 Å². The van der Waals surface area contributed by atoms with E-state index in [9.17, 15) is 9.59 Å². The van der Waals surface area contributed by atoms with E-state index in [-0.39, 0.29) is 11.9 Å². The molecule has 0 spiro atoms. The fourth-order valence-electron chi connectivity index (χ4n) is 2.70. The highest BCUT2D eigenvalue weighted by molar-refractivity contribution is 5.92. The molecule has 0 atom stereocenters. The van der Waals surface area contributed by atoms with Crippen molar-refractivity contribution in [2.45, 2.75) is 6.92 Å². The molecule has 7 nitrogen and oxygen atoms in total. The molecule has 0 bridgehead atoms. The van der Waals surface area contributed by atoms with E-state index in [1.807, 2.05) is 25.1 Å². The van der Waals surface area contributed by atoms with Crippen molar-refractivity contribution in [1.82, 2.24) is 9.80 Å². The predicted octanol–water partition coefficient (Wildman–Crippen LogP) is 2.67. The molecule has 132 valence electrons. The van der Waals surface area contributed by atoms with Crippen molar-refractivity contribution < 1.29 is 18.7 Å². The van der Waals surface area contributed by atoms with Crippen LogP contribution in [0.1, 0.15) is 17.5 Å². The second-order valence-corrected chi connectivity index (χ2v) is 5.65. The van der Waals surface area contributed by atoms with E-state index >= 15 is 0 Å². The van der Waals surface area contributed by atoms with Crippen LogP contribution >= 0.6 is 0 Å². The van der Waals surface area contributed by atoms with Crippen LogP contribution in [0, 0.1) is 0 Å². The Morgan fingerprint density at radius 2 is 1.88 bits per heavy atom. The molecule has 1 aromatic heterocycles. The van der Waals surface area contributed by atoms with Gasteiger partial charge in [0.25, 0.3) is 5.91 Å². The van der Waals surface area contributed by atoms with Crippen LogP contribution in [0.4, 0.5) is 10.5 Å². The zero-order valence-corrected chi connectivity index (χ0v) is 14.1. The van der Waals surface area contributed by atoms with E-state index < -0.39 is 0 Å². The third kappa shape index (κ3) is 4.12. The lowest BCUT2D eigenvalue weighted by atomic mass is 10.3. The van der Waals surface area contributed by atoms with Gasteiger partial charge >= 0.3 is 6.03 Å². The second-order valence-electron chi connectivity index (χ2n) is 5.65. The van der Waals surface area contributed by atoms with E-state index in [0.29, 0.717) is 50.0 Å². The Morgan fingerprint density at radius 1 is 1.12 bits per heavy atom. The molecule has 7 heteroatoms. The first-order valence-electron chi connectivity index (χ1n) is 8.29. The standard InChI is InChI=1S/C18H21N3O4/c1-2-24-15-6-3-5-14(13-15)19-18(23)21-10-8-20(9-11-21)17(22)16-7-4-12-25-16/h3-7,12-13H,2,8-11H2,1H3,(H,19,23). The average molecular weight is 343 g/mol. The topological polar surface area (TPSA) is 75.0 Å². The molecule has 1 aliphatic rings. The van der Waals surface area contributed by atoms with Gasteiger partial charge in [-0.25, -0.2) is 4.79 Å². The lowest BCUT2D eigenvalue weighted by Crippen LogP contribution is -2.51. The zero-order chi connectivity index (χ0) is 17.6. The van der Waals surface area contributed by atoms with E-state index in [2.05, 4.69) is 5.32 Å². The number of urea groups is 1. The third-order valence-corrected chi connectivity index (χ3v) is 3.98. The summed E-state index contributed by atoms with van der Waals surface area (Å²) in [6, 6.07) is 10.4. The van der Waals surface area contributed by atoms with Gasteiger partial charge in [-0.1, -0.05) is 6.07 Å². The maximum Gasteiger partial charge on any atom is 0.321 e. The fourth-order valence-corrected chi connectivity index (χ4v) is 2.70. The minimum atomic E-state index is -0.182. The summed E-state index contributed by atoms with van der Waals surface area (Å²) in [6.45, 7) is 4.39. The van der Waals surface area contributed by atoms with Crippen LogP contribution in [0.5, 0.6) is 5.75 Å². The number of hydrogen-bond donors (Lipinski definition) is 1. The fraction of sp³-hybridized carbons (Fsp3) is 0.333. The number of nitrogens with zero attached hydrogens (tertiary/aromatic N) is 2. The number of rotatable bonds is 4. The van der Waals surface area contributed by atoms with E-state index in [0.717, 1.165) is 0 Å². The summed E-state index contributed by atoms with van der Waals surface area (Å²) in [5.41, 5.74) is 0.685. The smallest absolute Gasteiger partial charge is 0.321 e. The molecule has 3 rings (SSSR count). The van der Waals surface area contributed by atoms with Crippen LogP contribution in [0.2, 0.25) is 0 Å². The number of furan rings is 1. The normalized spacial score (nSPS) is 14.3. The lowest BCUT2D eigenvalue weighted by molar-refractivity contribution is 0.0640. The Morgan fingerprint density at radius 3 is 2.56 bits per heavy atom. The number of nitrogens with one attached hydrogen (secondary N) is 1. The molecule has 1 N–H and O–H groups in total. The number of amides is 3. The maximum absolute atomic E-state index is 12.4. The van der Waals surface area contributed by atoms with Crippen LogP contribution in [0.25, 0.3) is 0 Å². The van der Waals surface area contributed by atoms with Gasteiger partial charge in [0.2, 0.25) is 0 Å². The monoisotopic (exact) mass is 343 g/mol. The van der Waals surface area contributed by atoms with Gasteiger partial charge in [-0.3, -0.25) is 4.79 Å². The Kier molecular flexibility index (Phi) is 5.23. The Hall–Kier alpha value is -2.96. The van der Waals surface area contributed by atoms with E-state index in [1.165, 1.54) is 6.26 Å². The Balaban J connectivity index is 1.53. The van der Waals surface area contributed by atoms with Crippen molar-refractivity contribution >= 4 is 17.6 Å². The molecule has 0 radical (unpaired) electrons. The molecule has 2 heterocycles. The quantitative estimate of drug-likeness (QED) is 0.926. The van der Waals surface area contributed by atoms with Gasteiger partial charge in [0.1, 0.15) is 5.75 Å². The van der Waals surface area contributed by atoms with E-state index in [4.69, 9.17) is 9.15 Å². The van der Waals surface area contributed by atoms with Gasteiger partial charge in [-0.05, 0) is 31.2 Å². The Bertz CT molecular complexity index is 722. The summed E-state index contributed by atoms with van der Waals surface area (Å²) in [5.74, 6) is 0.897. The van der Waals surface area contributed by atoms with Crippen molar-refractivity contribution in [3.63, 3.8) is 0 Å². The van der Waals surface area contributed by atoms with Crippen LogP contribution in [0.15, 0.2) is 47.1 Å². The molecule has 1 fully saturated rings. The van der Waals surface area contributed by atoms with Crippen LogP contribution in [0.3, 0.4) is 0 Å². The molecular weight excluding hydrogens is 322 g/mol. The van der Waals surface area contributed by atoms with Crippen LogP contribution in [-0.2, 0) is 0 Å². The summed E-state index contributed by atoms with van der Waals surface area (Å²) in [5, 5.41) is 2.87. The molecule has 1 aromatic carbocycles. The van der Waals surface area contributed by atoms with Gasteiger partial charge in [-0.15, -0.1) is 0 Å².